The van der Waals surface area contributed by atoms with Gasteiger partial charge in [-0.05, 0) is 19.1 Å². The minimum atomic E-state index is -0.419. The lowest BCUT2D eigenvalue weighted by Crippen LogP contribution is -2.37. The van der Waals surface area contributed by atoms with Crippen LogP contribution in [0.4, 0.5) is 10.5 Å². The number of rotatable bonds is 5. The van der Waals surface area contributed by atoms with E-state index in [1.54, 1.807) is 24.5 Å². The Hall–Kier alpha value is -2.11. The minimum Gasteiger partial charge on any atom is -0.370 e. The third kappa shape index (κ3) is 4.50. The molecule has 0 bridgehead atoms. The van der Waals surface area contributed by atoms with E-state index < -0.39 is 5.91 Å². The Morgan fingerprint density at radius 3 is 2.82 bits per heavy atom. The molecule has 1 aromatic rings. The average Bonchev–Trinajstić information content (AvgIpc) is 2.30. The monoisotopic (exact) mass is 236 g/mol. The molecule has 0 fully saturated rings. The number of anilines is 1. The van der Waals surface area contributed by atoms with Gasteiger partial charge in [0.15, 0.2) is 0 Å². The second-order valence-corrected chi connectivity index (χ2v) is 3.47. The predicted octanol–water partition coefficient (Wildman–Crippen LogP) is 0.811. The topological polar surface area (TPSA) is 88.3 Å². The molecule has 0 spiro atoms. The van der Waals surface area contributed by atoms with Gasteiger partial charge >= 0.3 is 6.03 Å². The Balaban J connectivity index is 2.52. The fraction of sp³-hybridized carbons (Fsp3) is 0.364. The molecule has 0 aliphatic carbocycles. The standard InChI is InChI=1S/C11H16N4O2/c1-2-15(7-5-10(12)16)11(17)14-9-4-3-6-13-8-9/h3-4,6,8H,2,5,7H2,1H3,(H2,12,16)(H,14,17). The molecule has 3 amide bonds. The van der Waals surface area contributed by atoms with Crippen LogP contribution in [-0.4, -0.2) is 34.9 Å². The van der Waals surface area contributed by atoms with Crippen molar-refractivity contribution in [2.45, 2.75) is 13.3 Å². The third-order valence-corrected chi connectivity index (χ3v) is 2.21. The molecule has 0 aliphatic heterocycles. The zero-order chi connectivity index (χ0) is 12.7. The van der Waals surface area contributed by atoms with Crippen LogP contribution in [-0.2, 0) is 4.79 Å². The number of primary amides is 1. The number of aromatic nitrogens is 1. The first-order valence-corrected chi connectivity index (χ1v) is 5.37. The Kier molecular flexibility index (Phi) is 4.93. The number of carbonyl (C=O) groups excluding carboxylic acids is 2. The van der Waals surface area contributed by atoms with Gasteiger partial charge in [-0.15, -0.1) is 0 Å². The van der Waals surface area contributed by atoms with Crippen LogP contribution in [0.5, 0.6) is 0 Å². The molecule has 3 N–H and O–H groups in total. The largest absolute Gasteiger partial charge is 0.370 e. The summed E-state index contributed by atoms with van der Waals surface area (Å²) < 4.78 is 0. The molecule has 92 valence electrons. The molecule has 6 heteroatoms. The van der Waals surface area contributed by atoms with E-state index in [4.69, 9.17) is 5.73 Å². The van der Waals surface area contributed by atoms with Crippen molar-refractivity contribution in [3.63, 3.8) is 0 Å². The Bertz CT molecular complexity index is 380. The fourth-order valence-corrected chi connectivity index (χ4v) is 1.29. The summed E-state index contributed by atoms with van der Waals surface area (Å²) in [5.41, 5.74) is 5.66. The summed E-state index contributed by atoms with van der Waals surface area (Å²) in [6.07, 6.45) is 3.34. The second-order valence-electron chi connectivity index (χ2n) is 3.47. The molecule has 0 atom stereocenters. The van der Waals surface area contributed by atoms with Gasteiger partial charge in [0.25, 0.3) is 0 Å². The highest BCUT2D eigenvalue weighted by Gasteiger charge is 2.12. The normalized spacial score (nSPS) is 9.71. The van der Waals surface area contributed by atoms with Crippen LogP contribution in [0.3, 0.4) is 0 Å². The lowest BCUT2D eigenvalue weighted by Gasteiger charge is -2.20. The molecule has 1 aromatic heterocycles. The number of amides is 3. The van der Waals surface area contributed by atoms with E-state index >= 15 is 0 Å². The van der Waals surface area contributed by atoms with Gasteiger partial charge in [-0.25, -0.2) is 4.79 Å². The van der Waals surface area contributed by atoms with E-state index in [1.807, 2.05) is 6.92 Å². The van der Waals surface area contributed by atoms with E-state index in [-0.39, 0.29) is 12.5 Å². The van der Waals surface area contributed by atoms with Gasteiger partial charge in [0.1, 0.15) is 0 Å². The Morgan fingerprint density at radius 1 is 1.53 bits per heavy atom. The SMILES string of the molecule is CCN(CCC(N)=O)C(=O)Nc1cccnc1. The summed E-state index contributed by atoms with van der Waals surface area (Å²) in [6.45, 7) is 2.67. The molecule has 0 radical (unpaired) electrons. The van der Waals surface area contributed by atoms with Crippen LogP contribution in [0.1, 0.15) is 13.3 Å². The highest BCUT2D eigenvalue weighted by atomic mass is 16.2. The number of nitrogens with zero attached hydrogens (tertiary/aromatic N) is 2. The third-order valence-electron chi connectivity index (χ3n) is 2.21. The van der Waals surface area contributed by atoms with Crippen LogP contribution in [0.25, 0.3) is 0 Å². The maximum absolute atomic E-state index is 11.8. The van der Waals surface area contributed by atoms with Gasteiger partial charge in [-0.2, -0.15) is 0 Å². The van der Waals surface area contributed by atoms with Crippen molar-refractivity contribution in [1.29, 1.82) is 0 Å². The van der Waals surface area contributed by atoms with Gasteiger partial charge in [-0.3, -0.25) is 9.78 Å². The molecular weight excluding hydrogens is 220 g/mol. The second kappa shape index (κ2) is 6.47. The van der Waals surface area contributed by atoms with Crippen LogP contribution in [0.15, 0.2) is 24.5 Å². The van der Waals surface area contributed by atoms with Crippen molar-refractivity contribution in [3.05, 3.63) is 24.5 Å². The Labute approximate surface area is 99.8 Å². The number of urea groups is 1. The lowest BCUT2D eigenvalue weighted by molar-refractivity contribution is -0.118. The summed E-state index contributed by atoms with van der Waals surface area (Å²) >= 11 is 0. The molecule has 17 heavy (non-hydrogen) atoms. The maximum Gasteiger partial charge on any atom is 0.321 e. The van der Waals surface area contributed by atoms with Crippen molar-refractivity contribution in [2.24, 2.45) is 5.73 Å². The first-order valence-electron chi connectivity index (χ1n) is 5.37. The lowest BCUT2D eigenvalue weighted by atomic mass is 10.3. The molecule has 6 nitrogen and oxygen atoms in total. The number of hydrogen-bond donors (Lipinski definition) is 2. The number of pyridine rings is 1. The van der Waals surface area contributed by atoms with Crippen LogP contribution in [0.2, 0.25) is 0 Å². The molecule has 0 aliphatic rings. The number of carbonyl (C=O) groups is 2. The first-order chi connectivity index (χ1) is 8.13. The fourth-order valence-electron chi connectivity index (χ4n) is 1.29. The summed E-state index contributed by atoms with van der Waals surface area (Å²) in [5.74, 6) is -0.419. The van der Waals surface area contributed by atoms with Gasteiger partial charge < -0.3 is 16.0 Å². The van der Waals surface area contributed by atoms with E-state index in [0.29, 0.717) is 18.8 Å². The zero-order valence-electron chi connectivity index (χ0n) is 9.72. The molecule has 1 heterocycles. The molecule has 0 unspecified atom stereocenters. The smallest absolute Gasteiger partial charge is 0.321 e. The van der Waals surface area contributed by atoms with Crippen molar-refractivity contribution in [1.82, 2.24) is 9.88 Å². The minimum absolute atomic E-state index is 0.161. The van der Waals surface area contributed by atoms with Gasteiger partial charge in [-0.1, -0.05) is 0 Å². The highest BCUT2D eigenvalue weighted by molar-refractivity contribution is 5.89. The highest BCUT2D eigenvalue weighted by Crippen LogP contribution is 2.04. The van der Waals surface area contributed by atoms with Gasteiger partial charge in [0, 0.05) is 25.7 Å². The molecular formula is C11H16N4O2. The average molecular weight is 236 g/mol. The van der Waals surface area contributed by atoms with Gasteiger partial charge in [0.05, 0.1) is 11.9 Å². The van der Waals surface area contributed by atoms with E-state index in [2.05, 4.69) is 10.3 Å². The maximum atomic E-state index is 11.8. The molecule has 0 saturated carbocycles. The molecule has 0 aromatic carbocycles. The number of nitrogens with one attached hydrogen (secondary N) is 1. The summed E-state index contributed by atoms with van der Waals surface area (Å²) in [7, 11) is 0. The summed E-state index contributed by atoms with van der Waals surface area (Å²) in [4.78, 5) is 27.8. The zero-order valence-corrected chi connectivity index (χ0v) is 9.72. The summed E-state index contributed by atoms with van der Waals surface area (Å²) in [6, 6.07) is 3.21. The van der Waals surface area contributed by atoms with E-state index in [1.165, 1.54) is 4.90 Å². The van der Waals surface area contributed by atoms with Crippen molar-refractivity contribution in [3.8, 4) is 0 Å². The number of nitrogens with two attached hydrogens (primary N) is 1. The van der Waals surface area contributed by atoms with Crippen molar-refractivity contribution >= 4 is 17.6 Å². The quantitative estimate of drug-likeness (QED) is 0.793. The van der Waals surface area contributed by atoms with Gasteiger partial charge in [0.2, 0.25) is 5.91 Å². The van der Waals surface area contributed by atoms with Crippen molar-refractivity contribution in [2.75, 3.05) is 18.4 Å². The van der Waals surface area contributed by atoms with E-state index in [0.717, 1.165) is 0 Å². The van der Waals surface area contributed by atoms with Crippen LogP contribution >= 0.6 is 0 Å². The van der Waals surface area contributed by atoms with Crippen molar-refractivity contribution < 1.29 is 9.59 Å². The summed E-state index contributed by atoms with van der Waals surface area (Å²) in [5, 5.41) is 2.69. The number of hydrogen-bond acceptors (Lipinski definition) is 3. The molecule has 0 saturated heterocycles. The van der Waals surface area contributed by atoms with Crippen LogP contribution < -0.4 is 11.1 Å². The first kappa shape index (κ1) is 13.0. The van der Waals surface area contributed by atoms with E-state index in [9.17, 15) is 9.59 Å². The van der Waals surface area contributed by atoms with Crippen LogP contribution in [0, 0.1) is 0 Å². The predicted molar refractivity (Wildman–Crippen MR) is 64.3 cm³/mol. The Morgan fingerprint density at radius 2 is 2.29 bits per heavy atom. The molecule has 1 rings (SSSR count).